The highest BCUT2D eigenvalue weighted by Crippen LogP contribution is 2.15. The Morgan fingerprint density at radius 2 is 2.19 bits per heavy atom. The highest BCUT2D eigenvalue weighted by molar-refractivity contribution is 5.96. The first-order valence-corrected chi connectivity index (χ1v) is 5.48. The molecule has 0 bridgehead atoms. The van der Waals surface area contributed by atoms with Crippen molar-refractivity contribution in [2.45, 2.75) is 25.8 Å². The molecule has 0 aliphatic heterocycles. The number of hydrogen-bond donors (Lipinski definition) is 3. The van der Waals surface area contributed by atoms with Crippen LogP contribution in [0.15, 0.2) is 24.3 Å². The van der Waals surface area contributed by atoms with Crippen molar-refractivity contribution in [3.63, 3.8) is 0 Å². The van der Waals surface area contributed by atoms with Crippen LogP contribution >= 0.6 is 0 Å². The smallest absolute Gasteiger partial charge is 0.255 e. The highest BCUT2D eigenvalue weighted by Gasteiger charge is 2.13. The van der Waals surface area contributed by atoms with Gasteiger partial charge in [0, 0.05) is 6.04 Å². The zero-order chi connectivity index (χ0) is 12.0. The Labute approximate surface area is 95.5 Å². The van der Waals surface area contributed by atoms with Gasteiger partial charge in [0.05, 0.1) is 5.56 Å². The topological polar surface area (TPSA) is 75.3 Å². The minimum absolute atomic E-state index is 0.00241. The lowest BCUT2D eigenvalue weighted by Crippen LogP contribution is -2.35. The van der Waals surface area contributed by atoms with Crippen molar-refractivity contribution < 1.29 is 9.90 Å². The van der Waals surface area contributed by atoms with Gasteiger partial charge in [0.1, 0.15) is 5.75 Å². The van der Waals surface area contributed by atoms with Crippen LogP contribution in [0, 0.1) is 0 Å². The van der Waals surface area contributed by atoms with Gasteiger partial charge in [-0.05, 0) is 31.5 Å². The number of nitrogens with two attached hydrogens (primary N) is 1. The van der Waals surface area contributed by atoms with E-state index in [1.807, 2.05) is 6.92 Å². The van der Waals surface area contributed by atoms with Crippen molar-refractivity contribution in [2.24, 2.45) is 5.73 Å². The third-order valence-electron chi connectivity index (χ3n) is 2.49. The summed E-state index contributed by atoms with van der Waals surface area (Å²) in [7, 11) is 0. The minimum Gasteiger partial charge on any atom is -0.507 e. The predicted molar refractivity (Wildman–Crippen MR) is 63.3 cm³/mol. The number of para-hydroxylation sites is 1. The van der Waals surface area contributed by atoms with E-state index >= 15 is 0 Å². The van der Waals surface area contributed by atoms with Gasteiger partial charge in [0.25, 0.3) is 5.91 Å². The van der Waals surface area contributed by atoms with Crippen molar-refractivity contribution in [2.75, 3.05) is 6.54 Å². The molecule has 1 aromatic carbocycles. The van der Waals surface area contributed by atoms with Crippen molar-refractivity contribution in [1.82, 2.24) is 5.32 Å². The lowest BCUT2D eigenvalue weighted by Gasteiger charge is -2.16. The van der Waals surface area contributed by atoms with Crippen LogP contribution in [-0.4, -0.2) is 23.6 Å². The molecule has 4 nitrogen and oxygen atoms in total. The lowest BCUT2D eigenvalue weighted by molar-refractivity contribution is 0.0932. The predicted octanol–water partition coefficient (Wildman–Crippen LogP) is 1.25. The molecule has 1 atom stereocenters. The van der Waals surface area contributed by atoms with Gasteiger partial charge in [0.15, 0.2) is 0 Å². The van der Waals surface area contributed by atoms with Gasteiger partial charge in [0.2, 0.25) is 0 Å². The van der Waals surface area contributed by atoms with Gasteiger partial charge in [-0.15, -0.1) is 0 Å². The Morgan fingerprint density at radius 3 is 2.75 bits per heavy atom. The zero-order valence-corrected chi connectivity index (χ0v) is 9.44. The molecule has 0 radical (unpaired) electrons. The Balaban J connectivity index is 2.68. The molecule has 0 saturated heterocycles. The number of amides is 1. The van der Waals surface area contributed by atoms with Gasteiger partial charge >= 0.3 is 0 Å². The summed E-state index contributed by atoms with van der Waals surface area (Å²) in [5, 5.41) is 12.4. The van der Waals surface area contributed by atoms with E-state index in [-0.39, 0.29) is 17.7 Å². The average molecular weight is 222 g/mol. The molecule has 0 spiro atoms. The molecule has 1 amide bonds. The molecule has 4 heteroatoms. The molecular formula is C12H18N2O2. The quantitative estimate of drug-likeness (QED) is 0.701. The van der Waals surface area contributed by atoms with E-state index < -0.39 is 0 Å². The fourth-order valence-electron chi connectivity index (χ4n) is 1.51. The number of nitrogens with one attached hydrogen (secondary N) is 1. The first kappa shape index (κ1) is 12.5. The number of hydrogen-bond acceptors (Lipinski definition) is 3. The Kier molecular flexibility index (Phi) is 4.79. The van der Waals surface area contributed by atoms with Gasteiger partial charge in [-0.25, -0.2) is 0 Å². The van der Waals surface area contributed by atoms with Gasteiger partial charge in [-0.2, -0.15) is 0 Å². The van der Waals surface area contributed by atoms with Crippen LogP contribution in [0.2, 0.25) is 0 Å². The molecule has 0 aliphatic rings. The summed E-state index contributed by atoms with van der Waals surface area (Å²) in [6.45, 7) is 2.53. The maximum absolute atomic E-state index is 11.8. The van der Waals surface area contributed by atoms with Crippen LogP contribution in [-0.2, 0) is 0 Å². The molecule has 0 aliphatic carbocycles. The molecule has 0 heterocycles. The van der Waals surface area contributed by atoms with Crippen molar-refractivity contribution >= 4 is 5.91 Å². The van der Waals surface area contributed by atoms with Crippen LogP contribution in [0.3, 0.4) is 0 Å². The van der Waals surface area contributed by atoms with Gasteiger partial charge in [-0.3, -0.25) is 4.79 Å². The normalized spacial score (nSPS) is 12.1. The van der Waals surface area contributed by atoms with Gasteiger partial charge < -0.3 is 16.2 Å². The standard InChI is InChI=1S/C12H18N2O2/c1-2-9(7-8-13)14-12(16)10-5-3-4-6-11(10)15/h3-6,9,15H,2,7-8,13H2,1H3,(H,14,16). The SMILES string of the molecule is CCC(CCN)NC(=O)c1ccccc1O. The molecule has 1 unspecified atom stereocenters. The van der Waals surface area contributed by atoms with E-state index in [4.69, 9.17) is 5.73 Å². The average Bonchev–Trinajstić information content (AvgIpc) is 2.28. The van der Waals surface area contributed by atoms with E-state index in [1.165, 1.54) is 6.07 Å². The first-order chi connectivity index (χ1) is 7.69. The fourth-order valence-corrected chi connectivity index (χ4v) is 1.51. The maximum atomic E-state index is 11.8. The van der Waals surface area contributed by atoms with Crippen LogP contribution in [0.5, 0.6) is 5.75 Å². The number of carbonyl (C=O) groups excluding carboxylic acids is 1. The van der Waals surface area contributed by atoms with E-state index in [0.29, 0.717) is 12.1 Å². The third-order valence-corrected chi connectivity index (χ3v) is 2.49. The largest absolute Gasteiger partial charge is 0.507 e. The van der Waals surface area contributed by atoms with E-state index in [9.17, 15) is 9.90 Å². The molecule has 1 aromatic rings. The summed E-state index contributed by atoms with van der Waals surface area (Å²) in [5.74, 6) is -0.249. The van der Waals surface area contributed by atoms with Crippen molar-refractivity contribution in [3.05, 3.63) is 29.8 Å². The second-order valence-electron chi connectivity index (χ2n) is 3.67. The molecule has 1 rings (SSSR count). The number of benzene rings is 1. The number of phenolic OH excluding ortho intramolecular Hbond substituents is 1. The van der Waals surface area contributed by atoms with Crippen molar-refractivity contribution in [1.29, 1.82) is 0 Å². The molecule has 16 heavy (non-hydrogen) atoms. The fraction of sp³-hybridized carbons (Fsp3) is 0.417. The molecule has 0 aromatic heterocycles. The van der Waals surface area contributed by atoms with Crippen LogP contribution in [0.25, 0.3) is 0 Å². The summed E-state index contributed by atoms with van der Waals surface area (Å²) in [4.78, 5) is 11.8. The third kappa shape index (κ3) is 3.24. The minimum atomic E-state index is -0.251. The molecule has 0 fully saturated rings. The summed E-state index contributed by atoms with van der Waals surface area (Å²) >= 11 is 0. The van der Waals surface area contributed by atoms with Gasteiger partial charge in [-0.1, -0.05) is 19.1 Å². The Morgan fingerprint density at radius 1 is 1.50 bits per heavy atom. The summed E-state index contributed by atoms with van der Waals surface area (Å²) in [6.07, 6.45) is 1.58. The Hall–Kier alpha value is -1.55. The number of aromatic hydroxyl groups is 1. The number of carbonyl (C=O) groups is 1. The number of rotatable bonds is 5. The second-order valence-corrected chi connectivity index (χ2v) is 3.67. The maximum Gasteiger partial charge on any atom is 0.255 e. The molecule has 88 valence electrons. The van der Waals surface area contributed by atoms with E-state index in [2.05, 4.69) is 5.32 Å². The number of phenols is 1. The van der Waals surface area contributed by atoms with Crippen LogP contribution in [0.4, 0.5) is 0 Å². The molecule has 4 N–H and O–H groups in total. The van der Waals surface area contributed by atoms with E-state index in [0.717, 1.165) is 12.8 Å². The second kappa shape index (κ2) is 6.12. The zero-order valence-electron chi connectivity index (χ0n) is 9.44. The Bertz CT molecular complexity index is 353. The van der Waals surface area contributed by atoms with Crippen LogP contribution in [0.1, 0.15) is 30.1 Å². The van der Waals surface area contributed by atoms with Crippen molar-refractivity contribution in [3.8, 4) is 5.75 Å². The summed E-state index contributed by atoms with van der Waals surface area (Å²) in [5.41, 5.74) is 5.75. The first-order valence-electron chi connectivity index (χ1n) is 5.48. The summed E-state index contributed by atoms with van der Waals surface area (Å²) < 4.78 is 0. The highest BCUT2D eigenvalue weighted by atomic mass is 16.3. The van der Waals surface area contributed by atoms with Crippen LogP contribution < -0.4 is 11.1 Å². The molecule has 0 saturated carbocycles. The summed E-state index contributed by atoms with van der Waals surface area (Å²) in [6, 6.07) is 6.57. The monoisotopic (exact) mass is 222 g/mol. The lowest BCUT2D eigenvalue weighted by atomic mass is 10.1. The van der Waals surface area contributed by atoms with E-state index in [1.54, 1.807) is 18.2 Å². The molecular weight excluding hydrogens is 204 g/mol.